The van der Waals surface area contributed by atoms with Crippen LogP contribution in [0.4, 0.5) is 4.39 Å². The van der Waals surface area contributed by atoms with E-state index < -0.39 is 0 Å². The van der Waals surface area contributed by atoms with Crippen molar-refractivity contribution in [1.82, 2.24) is 10.2 Å². The summed E-state index contributed by atoms with van der Waals surface area (Å²) in [6.07, 6.45) is 0. The molecule has 1 atom stereocenters. The lowest BCUT2D eigenvalue weighted by molar-refractivity contribution is 0.0600. The minimum Gasteiger partial charge on any atom is -0.465 e. The van der Waals surface area contributed by atoms with Crippen LogP contribution in [0.1, 0.15) is 27.5 Å². The molecular formula is C19H22ClFN2O2. The fourth-order valence-electron chi connectivity index (χ4n) is 3.08. The number of halogens is 2. The van der Waals surface area contributed by atoms with Gasteiger partial charge in [-0.3, -0.25) is 4.90 Å². The van der Waals surface area contributed by atoms with Crippen molar-refractivity contribution < 1.29 is 13.9 Å². The smallest absolute Gasteiger partial charge is 0.337 e. The average molecular weight is 365 g/mol. The maximum Gasteiger partial charge on any atom is 0.337 e. The van der Waals surface area contributed by atoms with Crippen LogP contribution >= 0.6 is 12.4 Å². The first-order chi connectivity index (χ1) is 11.7. The molecule has 1 heterocycles. The number of piperazine rings is 1. The zero-order chi connectivity index (χ0) is 16.9. The minimum atomic E-state index is -0.332. The third-order valence-electron chi connectivity index (χ3n) is 4.35. The van der Waals surface area contributed by atoms with Gasteiger partial charge in [-0.2, -0.15) is 0 Å². The molecule has 0 bridgehead atoms. The van der Waals surface area contributed by atoms with Crippen LogP contribution in [-0.2, 0) is 11.3 Å². The second-order valence-corrected chi connectivity index (χ2v) is 5.93. The van der Waals surface area contributed by atoms with Gasteiger partial charge in [-0.15, -0.1) is 12.4 Å². The van der Waals surface area contributed by atoms with Crippen LogP contribution in [0.15, 0.2) is 48.5 Å². The molecule has 1 unspecified atom stereocenters. The Balaban J connectivity index is 0.00000225. The number of rotatable bonds is 4. The average Bonchev–Trinajstić information content (AvgIpc) is 2.62. The number of esters is 1. The van der Waals surface area contributed by atoms with Crippen molar-refractivity contribution in [2.45, 2.75) is 12.6 Å². The number of benzene rings is 2. The number of nitrogens with one attached hydrogen (secondary N) is 1. The van der Waals surface area contributed by atoms with E-state index in [1.807, 2.05) is 18.2 Å². The van der Waals surface area contributed by atoms with Crippen LogP contribution in [0.25, 0.3) is 0 Å². The van der Waals surface area contributed by atoms with Crippen LogP contribution in [0.3, 0.4) is 0 Å². The normalized spacial score (nSPS) is 17.6. The Morgan fingerprint density at radius 3 is 2.72 bits per heavy atom. The van der Waals surface area contributed by atoms with Crippen LogP contribution in [0.2, 0.25) is 0 Å². The molecule has 134 valence electrons. The van der Waals surface area contributed by atoms with E-state index in [4.69, 9.17) is 4.74 Å². The fourth-order valence-corrected chi connectivity index (χ4v) is 3.08. The third kappa shape index (κ3) is 4.78. The summed E-state index contributed by atoms with van der Waals surface area (Å²) in [5, 5.41) is 3.37. The summed E-state index contributed by atoms with van der Waals surface area (Å²) in [6, 6.07) is 14.4. The summed E-state index contributed by atoms with van der Waals surface area (Å²) < 4.78 is 18.3. The van der Waals surface area contributed by atoms with Gasteiger partial charge in [0.15, 0.2) is 0 Å². The number of carbonyl (C=O) groups excluding carboxylic acids is 1. The van der Waals surface area contributed by atoms with E-state index >= 15 is 0 Å². The predicted octanol–water partition coefficient (Wildman–Crippen LogP) is 3.18. The molecule has 1 aliphatic rings. The van der Waals surface area contributed by atoms with Gasteiger partial charge in [-0.1, -0.05) is 24.3 Å². The Morgan fingerprint density at radius 1 is 1.28 bits per heavy atom. The molecule has 2 aromatic rings. The Labute approximate surface area is 153 Å². The van der Waals surface area contributed by atoms with E-state index in [2.05, 4.69) is 10.2 Å². The number of hydrogen-bond acceptors (Lipinski definition) is 4. The molecule has 0 aliphatic carbocycles. The quantitative estimate of drug-likeness (QED) is 0.846. The summed E-state index contributed by atoms with van der Waals surface area (Å²) in [4.78, 5) is 13.8. The highest BCUT2D eigenvalue weighted by Crippen LogP contribution is 2.24. The predicted molar refractivity (Wildman–Crippen MR) is 97.5 cm³/mol. The first kappa shape index (κ1) is 19.4. The number of hydrogen-bond donors (Lipinski definition) is 1. The Bertz CT molecular complexity index is 709. The molecule has 0 aromatic heterocycles. The molecule has 2 aromatic carbocycles. The molecular weight excluding hydrogens is 343 g/mol. The van der Waals surface area contributed by atoms with Crippen LogP contribution in [0, 0.1) is 5.82 Å². The molecule has 1 N–H and O–H groups in total. The Morgan fingerprint density at radius 2 is 2.04 bits per heavy atom. The summed E-state index contributed by atoms with van der Waals surface area (Å²) >= 11 is 0. The monoisotopic (exact) mass is 364 g/mol. The first-order valence-corrected chi connectivity index (χ1v) is 8.05. The third-order valence-corrected chi connectivity index (χ3v) is 4.35. The number of nitrogens with zero attached hydrogens (tertiary/aromatic N) is 1. The molecule has 0 spiro atoms. The number of methoxy groups -OCH3 is 1. The highest BCUT2D eigenvalue weighted by atomic mass is 35.5. The van der Waals surface area contributed by atoms with E-state index in [1.165, 1.54) is 13.2 Å². The molecule has 1 saturated heterocycles. The lowest BCUT2D eigenvalue weighted by atomic mass is 10.0. The van der Waals surface area contributed by atoms with Gasteiger partial charge in [-0.05, 0) is 35.4 Å². The van der Waals surface area contributed by atoms with Crippen LogP contribution in [0.5, 0.6) is 0 Å². The van der Waals surface area contributed by atoms with Crippen molar-refractivity contribution in [3.63, 3.8) is 0 Å². The molecule has 6 heteroatoms. The Kier molecular flexibility index (Phi) is 6.93. The molecule has 4 nitrogen and oxygen atoms in total. The maximum absolute atomic E-state index is 13.5. The van der Waals surface area contributed by atoms with Crippen molar-refractivity contribution in [2.75, 3.05) is 26.7 Å². The van der Waals surface area contributed by atoms with Gasteiger partial charge < -0.3 is 10.1 Å². The fraction of sp³-hybridized carbons (Fsp3) is 0.316. The Hall–Kier alpha value is -1.95. The van der Waals surface area contributed by atoms with Crippen molar-refractivity contribution in [2.24, 2.45) is 0 Å². The molecule has 3 rings (SSSR count). The van der Waals surface area contributed by atoms with Gasteiger partial charge in [0.25, 0.3) is 0 Å². The van der Waals surface area contributed by atoms with Crippen molar-refractivity contribution in [3.8, 4) is 0 Å². The molecule has 0 amide bonds. The van der Waals surface area contributed by atoms with E-state index in [0.29, 0.717) is 5.56 Å². The van der Waals surface area contributed by atoms with Crippen molar-refractivity contribution >= 4 is 18.4 Å². The summed E-state index contributed by atoms with van der Waals surface area (Å²) in [7, 11) is 1.38. The van der Waals surface area contributed by atoms with E-state index in [0.717, 1.165) is 37.3 Å². The zero-order valence-electron chi connectivity index (χ0n) is 14.1. The zero-order valence-corrected chi connectivity index (χ0v) is 14.9. The number of carbonyl (C=O) groups is 1. The van der Waals surface area contributed by atoms with E-state index in [-0.39, 0.29) is 30.2 Å². The molecule has 1 aliphatic heterocycles. The highest BCUT2D eigenvalue weighted by molar-refractivity contribution is 5.89. The largest absolute Gasteiger partial charge is 0.465 e. The van der Waals surface area contributed by atoms with Crippen LogP contribution < -0.4 is 5.32 Å². The topological polar surface area (TPSA) is 41.6 Å². The molecule has 0 saturated carbocycles. The summed E-state index contributed by atoms with van der Waals surface area (Å²) in [5.74, 6) is -0.540. The summed E-state index contributed by atoms with van der Waals surface area (Å²) in [6.45, 7) is 3.35. The van der Waals surface area contributed by atoms with Gasteiger partial charge in [0.1, 0.15) is 5.82 Å². The lowest BCUT2D eigenvalue weighted by Gasteiger charge is -2.36. The highest BCUT2D eigenvalue weighted by Gasteiger charge is 2.24. The van der Waals surface area contributed by atoms with E-state index in [9.17, 15) is 9.18 Å². The van der Waals surface area contributed by atoms with Gasteiger partial charge >= 0.3 is 5.97 Å². The molecule has 0 radical (unpaired) electrons. The lowest BCUT2D eigenvalue weighted by Crippen LogP contribution is -2.45. The van der Waals surface area contributed by atoms with Crippen molar-refractivity contribution in [3.05, 3.63) is 71.0 Å². The molecule has 25 heavy (non-hydrogen) atoms. The van der Waals surface area contributed by atoms with Crippen LogP contribution in [-0.4, -0.2) is 37.6 Å². The maximum atomic E-state index is 13.5. The number of ether oxygens (including phenoxy) is 1. The van der Waals surface area contributed by atoms with Gasteiger partial charge in [0, 0.05) is 32.2 Å². The van der Waals surface area contributed by atoms with Gasteiger partial charge in [0.05, 0.1) is 12.7 Å². The summed E-state index contributed by atoms with van der Waals surface area (Å²) in [5.41, 5.74) is 2.64. The molecule has 1 fully saturated rings. The second-order valence-electron chi connectivity index (χ2n) is 5.93. The van der Waals surface area contributed by atoms with E-state index in [1.54, 1.807) is 24.3 Å². The first-order valence-electron chi connectivity index (χ1n) is 8.05. The minimum absolute atomic E-state index is 0. The standard InChI is InChI=1S/C19H21FN2O2.ClH/c1-24-19(23)15-7-5-14(6-8-15)13-22-10-9-21-12-18(22)16-3-2-4-17(20)11-16;/h2-8,11,18,21H,9-10,12-13H2,1H3;1H. The second kappa shape index (κ2) is 8.94. The SMILES string of the molecule is COC(=O)c1ccc(CN2CCNCC2c2cccc(F)c2)cc1.Cl. The van der Waals surface area contributed by atoms with Gasteiger partial charge in [-0.25, -0.2) is 9.18 Å². The van der Waals surface area contributed by atoms with Gasteiger partial charge in [0.2, 0.25) is 0 Å². The van der Waals surface area contributed by atoms with Crippen molar-refractivity contribution in [1.29, 1.82) is 0 Å².